The largest absolute Gasteiger partial charge is 0.457 e. The SMILES string of the molecule is O=C(CCCCCCCC#Cc1ccc(Cl)cc1)C1C(=O)COC1=O. The Morgan fingerprint density at radius 1 is 1.08 bits per heavy atom. The molecule has 2 rings (SSSR count). The Hall–Kier alpha value is -2.12. The van der Waals surface area contributed by atoms with Gasteiger partial charge in [0, 0.05) is 23.4 Å². The third-order valence-electron chi connectivity index (χ3n) is 4.04. The molecule has 0 N–H and O–H groups in total. The number of hydrogen-bond donors (Lipinski definition) is 0. The molecule has 0 aliphatic carbocycles. The number of hydrogen-bond acceptors (Lipinski definition) is 4. The minimum Gasteiger partial charge on any atom is -0.457 e. The maximum atomic E-state index is 11.8. The van der Waals surface area contributed by atoms with Crippen LogP contribution in [-0.2, 0) is 19.1 Å². The van der Waals surface area contributed by atoms with Gasteiger partial charge in [0.25, 0.3) is 0 Å². The van der Waals surface area contributed by atoms with Crippen LogP contribution in [0.4, 0.5) is 0 Å². The molecular weight excluding hydrogens is 340 g/mol. The molecule has 0 saturated carbocycles. The van der Waals surface area contributed by atoms with E-state index in [0.29, 0.717) is 11.4 Å². The van der Waals surface area contributed by atoms with Crippen LogP contribution in [0.1, 0.15) is 50.5 Å². The average molecular weight is 361 g/mol. The average Bonchev–Trinajstić information content (AvgIpc) is 2.93. The number of carbonyl (C=O) groups excluding carboxylic acids is 3. The maximum Gasteiger partial charge on any atom is 0.324 e. The normalized spacial score (nSPS) is 16.3. The summed E-state index contributed by atoms with van der Waals surface area (Å²) in [5.74, 6) is 3.68. The van der Waals surface area contributed by atoms with Gasteiger partial charge in [-0.2, -0.15) is 0 Å². The number of rotatable bonds is 8. The van der Waals surface area contributed by atoms with E-state index in [-0.39, 0.29) is 18.8 Å². The van der Waals surface area contributed by atoms with Crippen molar-refractivity contribution >= 4 is 29.1 Å². The van der Waals surface area contributed by atoms with Crippen molar-refractivity contribution in [1.29, 1.82) is 0 Å². The van der Waals surface area contributed by atoms with Gasteiger partial charge >= 0.3 is 5.97 Å². The van der Waals surface area contributed by atoms with Gasteiger partial charge in [0.1, 0.15) is 0 Å². The maximum absolute atomic E-state index is 11.8. The van der Waals surface area contributed by atoms with Crippen LogP contribution in [0.15, 0.2) is 24.3 Å². The molecule has 1 aliphatic heterocycles. The molecule has 1 aromatic carbocycles. The molecule has 1 aromatic rings. The van der Waals surface area contributed by atoms with E-state index in [4.69, 9.17) is 11.6 Å². The standard InChI is InChI=1S/C20H21ClO4/c21-16-12-10-15(11-13-16)8-6-4-2-1-3-5-7-9-17(22)19-18(23)14-25-20(19)24/h10-13,19H,1-5,7,9,14H2. The Kier molecular flexibility index (Phi) is 7.69. The molecule has 132 valence electrons. The lowest BCUT2D eigenvalue weighted by Crippen LogP contribution is -2.25. The Morgan fingerprint density at radius 2 is 1.76 bits per heavy atom. The minimum atomic E-state index is -1.16. The first-order chi connectivity index (χ1) is 12.1. The molecule has 1 aliphatic rings. The predicted octanol–water partition coefficient (Wildman–Crippen LogP) is 3.73. The highest BCUT2D eigenvalue weighted by molar-refractivity contribution is 6.30. The molecule has 0 aromatic heterocycles. The van der Waals surface area contributed by atoms with Crippen LogP contribution in [0.25, 0.3) is 0 Å². The lowest BCUT2D eigenvalue weighted by Gasteiger charge is -2.03. The summed E-state index contributed by atoms with van der Waals surface area (Å²) >= 11 is 5.82. The summed E-state index contributed by atoms with van der Waals surface area (Å²) in [7, 11) is 0. The molecule has 4 nitrogen and oxygen atoms in total. The van der Waals surface area contributed by atoms with E-state index in [2.05, 4.69) is 16.6 Å². The van der Waals surface area contributed by atoms with Crippen LogP contribution in [0.5, 0.6) is 0 Å². The fourth-order valence-corrected chi connectivity index (χ4v) is 2.76. The van der Waals surface area contributed by atoms with Crippen molar-refractivity contribution in [2.24, 2.45) is 5.92 Å². The summed E-state index contributed by atoms with van der Waals surface area (Å²) in [5.41, 5.74) is 0.961. The molecule has 1 unspecified atom stereocenters. The minimum absolute atomic E-state index is 0.258. The topological polar surface area (TPSA) is 60.4 Å². The second-order valence-corrected chi connectivity index (χ2v) is 6.49. The Bertz CT molecular complexity index is 666. The lowest BCUT2D eigenvalue weighted by atomic mass is 9.96. The zero-order chi connectivity index (χ0) is 18.1. The summed E-state index contributed by atoms with van der Waals surface area (Å²) < 4.78 is 4.59. The van der Waals surface area contributed by atoms with Gasteiger partial charge in [-0.15, -0.1) is 0 Å². The van der Waals surface area contributed by atoms with Crippen molar-refractivity contribution in [1.82, 2.24) is 0 Å². The van der Waals surface area contributed by atoms with E-state index in [9.17, 15) is 14.4 Å². The molecule has 0 amide bonds. The van der Waals surface area contributed by atoms with Gasteiger partial charge in [-0.05, 0) is 37.1 Å². The van der Waals surface area contributed by atoms with Crippen LogP contribution in [-0.4, -0.2) is 24.1 Å². The summed E-state index contributed by atoms with van der Waals surface area (Å²) in [6, 6.07) is 7.45. The van der Waals surface area contributed by atoms with E-state index in [1.54, 1.807) is 0 Å². The van der Waals surface area contributed by atoms with Crippen molar-refractivity contribution in [3.05, 3.63) is 34.9 Å². The Morgan fingerprint density at radius 3 is 2.44 bits per heavy atom. The first kappa shape index (κ1) is 19.2. The van der Waals surface area contributed by atoms with Crippen LogP contribution in [0, 0.1) is 17.8 Å². The van der Waals surface area contributed by atoms with Gasteiger partial charge in [-0.3, -0.25) is 14.4 Å². The van der Waals surface area contributed by atoms with Crippen molar-refractivity contribution in [3.8, 4) is 11.8 Å². The molecule has 25 heavy (non-hydrogen) atoms. The van der Waals surface area contributed by atoms with Crippen molar-refractivity contribution in [2.45, 2.75) is 44.9 Å². The van der Waals surface area contributed by atoms with Gasteiger partial charge in [0.15, 0.2) is 24.1 Å². The van der Waals surface area contributed by atoms with E-state index in [1.165, 1.54) is 0 Å². The van der Waals surface area contributed by atoms with E-state index in [0.717, 1.165) is 37.7 Å². The van der Waals surface area contributed by atoms with E-state index >= 15 is 0 Å². The van der Waals surface area contributed by atoms with Crippen molar-refractivity contribution < 1.29 is 19.1 Å². The fraction of sp³-hybridized carbons (Fsp3) is 0.450. The van der Waals surface area contributed by atoms with E-state index in [1.807, 2.05) is 24.3 Å². The molecule has 1 saturated heterocycles. The molecule has 0 bridgehead atoms. The van der Waals surface area contributed by atoms with Crippen LogP contribution < -0.4 is 0 Å². The Balaban J connectivity index is 1.52. The number of unbranched alkanes of at least 4 members (excludes halogenated alkanes) is 5. The van der Waals surface area contributed by atoms with Crippen LogP contribution in [0.3, 0.4) is 0 Å². The number of halogens is 1. The van der Waals surface area contributed by atoms with Crippen LogP contribution in [0.2, 0.25) is 5.02 Å². The van der Waals surface area contributed by atoms with Gasteiger partial charge in [0.05, 0.1) is 0 Å². The number of Topliss-reactive ketones (excluding diaryl/α,β-unsaturated/α-hetero) is 2. The second kappa shape index (κ2) is 10.0. The van der Waals surface area contributed by atoms with Crippen LogP contribution >= 0.6 is 11.6 Å². The third-order valence-corrected chi connectivity index (χ3v) is 4.29. The highest BCUT2D eigenvalue weighted by Gasteiger charge is 2.40. The number of esters is 1. The summed E-state index contributed by atoms with van der Waals surface area (Å²) in [6.45, 7) is -0.258. The Labute approximate surface area is 152 Å². The molecule has 1 atom stereocenters. The summed E-state index contributed by atoms with van der Waals surface area (Å²) in [4.78, 5) is 34.5. The quantitative estimate of drug-likeness (QED) is 0.307. The highest BCUT2D eigenvalue weighted by Crippen LogP contribution is 2.16. The third kappa shape index (κ3) is 6.36. The van der Waals surface area contributed by atoms with Gasteiger partial charge in [0.2, 0.25) is 0 Å². The molecule has 1 heterocycles. The summed E-state index contributed by atoms with van der Waals surface area (Å²) in [6.07, 6.45) is 5.79. The molecule has 1 fully saturated rings. The smallest absolute Gasteiger partial charge is 0.324 e. The van der Waals surface area contributed by atoms with E-state index < -0.39 is 17.7 Å². The lowest BCUT2D eigenvalue weighted by molar-refractivity contribution is -0.144. The number of cyclic esters (lactones) is 1. The molecular formula is C20H21ClO4. The van der Waals surface area contributed by atoms with Gasteiger partial charge < -0.3 is 4.74 Å². The van der Waals surface area contributed by atoms with Crippen molar-refractivity contribution in [2.75, 3.05) is 6.61 Å². The zero-order valence-corrected chi connectivity index (χ0v) is 14.8. The first-order valence-electron chi connectivity index (χ1n) is 8.54. The molecule has 5 heteroatoms. The first-order valence-corrected chi connectivity index (χ1v) is 8.92. The number of ketones is 2. The van der Waals surface area contributed by atoms with Crippen molar-refractivity contribution in [3.63, 3.8) is 0 Å². The predicted molar refractivity (Wildman–Crippen MR) is 95.1 cm³/mol. The summed E-state index contributed by atoms with van der Waals surface area (Å²) in [5, 5.41) is 0.707. The monoisotopic (exact) mass is 360 g/mol. The highest BCUT2D eigenvalue weighted by atomic mass is 35.5. The van der Waals surface area contributed by atoms with Gasteiger partial charge in [-0.1, -0.05) is 42.7 Å². The second-order valence-electron chi connectivity index (χ2n) is 6.05. The number of benzene rings is 1. The number of ether oxygens (including phenoxy) is 1. The zero-order valence-electron chi connectivity index (χ0n) is 14.1. The molecule has 0 spiro atoms. The fourth-order valence-electron chi connectivity index (χ4n) is 2.64. The molecule has 0 radical (unpaired) electrons. The number of carbonyl (C=O) groups is 3. The van der Waals surface area contributed by atoms with Gasteiger partial charge in [-0.25, -0.2) is 0 Å².